The van der Waals surface area contributed by atoms with Crippen LogP contribution in [0, 0.1) is 0 Å². The summed E-state index contributed by atoms with van der Waals surface area (Å²) in [6, 6.07) is 3.81. The number of carboxylic acid groups (broad SMARTS) is 1. The number of hydrogen-bond acceptors (Lipinski definition) is 4. The number of amides is 2. The number of nitrogens with one attached hydrogen (secondary N) is 2. The molecule has 0 fully saturated rings. The maximum absolute atomic E-state index is 12.0. The van der Waals surface area contributed by atoms with Crippen molar-refractivity contribution in [3.05, 3.63) is 24.0 Å². The van der Waals surface area contributed by atoms with Crippen LogP contribution in [-0.4, -0.2) is 32.9 Å². The van der Waals surface area contributed by atoms with Gasteiger partial charge in [0, 0.05) is 16.3 Å². The fourth-order valence-electron chi connectivity index (χ4n) is 1.63. The molecule has 6 nitrogen and oxygen atoms in total. The first kappa shape index (κ1) is 17.3. The van der Waals surface area contributed by atoms with Crippen molar-refractivity contribution in [2.75, 3.05) is 0 Å². The standard InChI is InChI=1S/C14H21N3O3S/c1-9(2)21-11-6-5-7-15-10(11)8-16-12(18)14(3,4)17-13(19)20/h5-7,9,17H,8H2,1-4H3,(H,16,18)(H,19,20). The molecule has 0 atom stereocenters. The van der Waals surface area contributed by atoms with E-state index in [4.69, 9.17) is 5.11 Å². The Labute approximate surface area is 128 Å². The molecule has 1 heterocycles. The molecule has 0 spiro atoms. The molecule has 0 saturated heterocycles. The molecule has 7 heteroatoms. The van der Waals surface area contributed by atoms with Gasteiger partial charge < -0.3 is 15.7 Å². The first-order valence-electron chi connectivity index (χ1n) is 6.62. The number of carbonyl (C=O) groups excluding carboxylic acids is 1. The zero-order valence-electron chi connectivity index (χ0n) is 12.6. The lowest BCUT2D eigenvalue weighted by Crippen LogP contribution is -2.54. The summed E-state index contributed by atoms with van der Waals surface area (Å²) in [5.41, 5.74) is -0.415. The summed E-state index contributed by atoms with van der Waals surface area (Å²) in [6.45, 7) is 7.45. The van der Waals surface area contributed by atoms with Gasteiger partial charge in [0.2, 0.25) is 5.91 Å². The summed E-state index contributed by atoms with van der Waals surface area (Å²) in [7, 11) is 0. The molecule has 0 radical (unpaired) electrons. The van der Waals surface area contributed by atoms with Gasteiger partial charge in [-0.05, 0) is 26.0 Å². The summed E-state index contributed by atoms with van der Waals surface area (Å²) in [5.74, 6) is -0.393. The summed E-state index contributed by atoms with van der Waals surface area (Å²) in [4.78, 5) is 28.0. The molecule has 1 aromatic rings. The lowest BCUT2D eigenvalue weighted by molar-refractivity contribution is -0.126. The zero-order valence-corrected chi connectivity index (χ0v) is 13.5. The number of pyridine rings is 1. The Hall–Kier alpha value is -1.76. The third-order valence-electron chi connectivity index (χ3n) is 2.61. The van der Waals surface area contributed by atoms with Crippen LogP contribution in [0.3, 0.4) is 0 Å². The average molecular weight is 311 g/mol. The summed E-state index contributed by atoms with van der Waals surface area (Å²) >= 11 is 1.67. The second kappa shape index (κ2) is 7.31. The van der Waals surface area contributed by atoms with Crippen LogP contribution in [0.15, 0.2) is 23.2 Å². The third kappa shape index (κ3) is 5.63. The van der Waals surface area contributed by atoms with Crippen molar-refractivity contribution >= 4 is 23.8 Å². The highest BCUT2D eigenvalue weighted by molar-refractivity contribution is 8.00. The average Bonchev–Trinajstić information content (AvgIpc) is 2.35. The van der Waals surface area contributed by atoms with E-state index in [1.165, 1.54) is 13.8 Å². The highest BCUT2D eigenvalue weighted by Crippen LogP contribution is 2.25. The van der Waals surface area contributed by atoms with Crippen molar-refractivity contribution in [3.63, 3.8) is 0 Å². The van der Waals surface area contributed by atoms with E-state index in [0.717, 1.165) is 10.6 Å². The summed E-state index contributed by atoms with van der Waals surface area (Å²) in [6.07, 6.45) is 0.441. The van der Waals surface area contributed by atoms with Gasteiger partial charge in [-0.2, -0.15) is 0 Å². The first-order chi connectivity index (χ1) is 9.72. The number of thioether (sulfide) groups is 1. The quantitative estimate of drug-likeness (QED) is 0.701. The highest BCUT2D eigenvalue weighted by Gasteiger charge is 2.29. The molecule has 116 valence electrons. The van der Waals surface area contributed by atoms with Crippen molar-refractivity contribution in [1.29, 1.82) is 0 Å². The molecule has 0 saturated carbocycles. The number of hydrogen-bond donors (Lipinski definition) is 3. The van der Waals surface area contributed by atoms with E-state index < -0.39 is 17.5 Å². The molecule has 21 heavy (non-hydrogen) atoms. The summed E-state index contributed by atoms with van der Waals surface area (Å²) in [5, 5.41) is 14.0. The van der Waals surface area contributed by atoms with Crippen LogP contribution in [0.5, 0.6) is 0 Å². The van der Waals surface area contributed by atoms with Gasteiger partial charge in [-0.3, -0.25) is 9.78 Å². The first-order valence-corrected chi connectivity index (χ1v) is 7.50. The van der Waals surface area contributed by atoms with Gasteiger partial charge in [0.1, 0.15) is 5.54 Å². The van der Waals surface area contributed by atoms with E-state index in [1.54, 1.807) is 18.0 Å². The molecular weight excluding hydrogens is 290 g/mol. The minimum atomic E-state index is -1.23. The van der Waals surface area contributed by atoms with Gasteiger partial charge in [-0.1, -0.05) is 13.8 Å². The lowest BCUT2D eigenvalue weighted by atomic mass is 10.1. The van der Waals surface area contributed by atoms with Crippen LogP contribution in [-0.2, 0) is 11.3 Å². The maximum Gasteiger partial charge on any atom is 0.405 e. The minimum Gasteiger partial charge on any atom is -0.465 e. The van der Waals surface area contributed by atoms with Crippen LogP contribution in [0.4, 0.5) is 4.79 Å². The Morgan fingerprint density at radius 3 is 2.67 bits per heavy atom. The molecule has 0 aromatic carbocycles. The minimum absolute atomic E-state index is 0.263. The molecule has 2 amide bonds. The number of aromatic nitrogens is 1. The van der Waals surface area contributed by atoms with Crippen LogP contribution < -0.4 is 10.6 Å². The van der Waals surface area contributed by atoms with E-state index in [9.17, 15) is 9.59 Å². The molecule has 3 N–H and O–H groups in total. The molecule has 1 rings (SSSR count). The van der Waals surface area contributed by atoms with E-state index in [2.05, 4.69) is 29.5 Å². The van der Waals surface area contributed by atoms with Crippen molar-refractivity contribution < 1.29 is 14.7 Å². The molecule has 1 aromatic heterocycles. The Morgan fingerprint density at radius 1 is 1.43 bits per heavy atom. The molecule has 0 aliphatic heterocycles. The second-order valence-corrected chi connectivity index (χ2v) is 6.97. The van der Waals surface area contributed by atoms with Crippen molar-refractivity contribution in [1.82, 2.24) is 15.6 Å². The molecular formula is C14H21N3O3S. The van der Waals surface area contributed by atoms with Gasteiger partial charge in [-0.15, -0.1) is 11.8 Å². The Morgan fingerprint density at radius 2 is 2.10 bits per heavy atom. The van der Waals surface area contributed by atoms with Gasteiger partial charge in [0.05, 0.1) is 12.2 Å². The highest BCUT2D eigenvalue weighted by atomic mass is 32.2. The monoisotopic (exact) mass is 311 g/mol. The van der Waals surface area contributed by atoms with Gasteiger partial charge in [0.25, 0.3) is 0 Å². The zero-order chi connectivity index (χ0) is 16.0. The Kier molecular flexibility index (Phi) is 6.02. The van der Waals surface area contributed by atoms with Crippen molar-refractivity contribution in [2.45, 2.75) is 49.9 Å². The van der Waals surface area contributed by atoms with Crippen molar-refractivity contribution in [2.24, 2.45) is 0 Å². The van der Waals surface area contributed by atoms with Crippen LogP contribution in [0.2, 0.25) is 0 Å². The summed E-state index contributed by atoms with van der Waals surface area (Å²) < 4.78 is 0. The normalized spacial score (nSPS) is 11.3. The Balaban J connectivity index is 2.71. The smallest absolute Gasteiger partial charge is 0.405 e. The lowest BCUT2D eigenvalue weighted by Gasteiger charge is -2.23. The molecule has 0 aliphatic rings. The van der Waals surface area contributed by atoms with E-state index in [-0.39, 0.29) is 6.54 Å². The largest absolute Gasteiger partial charge is 0.465 e. The number of carbonyl (C=O) groups is 2. The SMILES string of the molecule is CC(C)Sc1cccnc1CNC(=O)C(C)(C)NC(=O)O. The topological polar surface area (TPSA) is 91.3 Å². The fourth-order valence-corrected chi connectivity index (χ4v) is 2.55. The van der Waals surface area contributed by atoms with Crippen LogP contribution in [0.25, 0.3) is 0 Å². The fraction of sp³-hybridized carbons (Fsp3) is 0.500. The van der Waals surface area contributed by atoms with Crippen molar-refractivity contribution in [3.8, 4) is 0 Å². The third-order valence-corrected chi connectivity index (χ3v) is 3.71. The molecule has 0 unspecified atom stereocenters. The second-order valence-electron chi connectivity index (χ2n) is 5.35. The van der Waals surface area contributed by atoms with Gasteiger partial charge in [0.15, 0.2) is 0 Å². The van der Waals surface area contributed by atoms with E-state index in [0.29, 0.717) is 5.25 Å². The molecule has 0 bridgehead atoms. The van der Waals surface area contributed by atoms with Gasteiger partial charge in [-0.25, -0.2) is 4.79 Å². The number of rotatable bonds is 6. The van der Waals surface area contributed by atoms with E-state index >= 15 is 0 Å². The number of nitrogens with zero attached hydrogens (tertiary/aromatic N) is 1. The maximum atomic E-state index is 12.0. The molecule has 0 aliphatic carbocycles. The predicted molar refractivity (Wildman–Crippen MR) is 82.3 cm³/mol. The van der Waals surface area contributed by atoms with Crippen LogP contribution >= 0.6 is 11.8 Å². The van der Waals surface area contributed by atoms with Gasteiger partial charge >= 0.3 is 6.09 Å². The van der Waals surface area contributed by atoms with E-state index in [1.807, 2.05) is 12.1 Å². The van der Waals surface area contributed by atoms with Crippen LogP contribution in [0.1, 0.15) is 33.4 Å². The Bertz CT molecular complexity index is 518. The predicted octanol–water partition coefficient (Wildman–Crippen LogP) is 2.24.